The van der Waals surface area contributed by atoms with Crippen molar-refractivity contribution in [3.8, 4) is 0 Å². The predicted octanol–water partition coefficient (Wildman–Crippen LogP) is 1.40. The Bertz CT molecular complexity index is 508. The van der Waals surface area contributed by atoms with Gasteiger partial charge in [0.2, 0.25) is 5.91 Å². The predicted molar refractivity (Wildman–Crippen MR) is 103 cm³/mol. The van der Waals surface area contributed by atoms with Crippen molar-refractivity contribution < 1.29 is 4.79 Å². The highest BCUT2D eigenvalue weighted by molar-refractivity contribution is 14.0. The molecule has 0 saturated carbocycles. The molecule has 0 aliphatic carbocycles. The molecule has 0 bridgehead atoms. The van der Waals surface area contributed by atoms with Gasteiger partial charge in [-0.15, -0.1) is 24.0 Å². The zero-order valence-corrected chi connectivity index (χ0v) is 15.9. The van der Waals surface area contributed by atoms with Crippen LogP contribution in [0.2, 0.25) is 0 Å². The van der Waals surface area contributed by atoms with Gasteiger partial charge in [-0.25, -0.2) is 0 Å². The number of primary amides is 1. The van der Waals surface area contributed by atoms with Crippen LogP contribution in [0.25, 0.3) is 0 Å². The van der Waals surface area contributed by atoms with Crippen LogP contribution in [0.5, 0.6) is 0 Å². The van der Waals surface area contributed by atoms with Gasteiger partial charge in [0.05, 0.1) is 0 Å². The highest BCUT2D eigenvalue weighted by atomic mass is 127. The number of piperidine rings is 1. The van der Waals surface area contributed by atoms with Crippen molar-refractivity contribution in [1.82, 2.24) is 15.2 Å². The second kappa shape index (κ2) is 10.4. The molecule has 1 unspecified atom stereocenters. The van der Waals surface area contributed by atoms with Crippen LogP contribution in [-0.4, -0.2) is 48.4 Å². The Hall–Kier alpha value is -1.38. The molecule has 1 aliphatic rings. The van der Waals surface area contributed by atoms with E-state index in [0.29, 0.717) is 12.3 Å². The molecule has 1 fully saturated rings. The summed E-state index contributed by atoms with van der Waals surface area (Å²) in [5.41, 5.74) is 6.52. The summed E-state index contributed by atoms with van der Waals surface area (Å²) in [6, 6.07) is 4.02. The summed E-state index contributed by atoms with van der Waals surface area (Å²) in [6.45, 7) is 2.63. The van der Waals surface area contributed by atoms with Gasteiger partial charge in [-0.1, -0.05) is 6.07 Å². The third kappa shape index (κ3) is 6.72. The van der Waals surface area contributed by atoms with Gasteiger partial charge in [-0.2, -0.15) is 0 Å². The number of carbonyl (C=O) groups is 1. The Morgan fingerprint density at radius 2 is 2.39 bits per heavy atom. The number of aromatic nitrogens is 1. The molecule has 1 saturated heterocycles. The largest absolute Gasteiger partial charge is 0.370 e. The van der Waals surface area contributed by atoms with E-state index in [1.807, 2.05) is 12.3 Å². The fourth-order valence-electron chi connectivity index (χ4n) is 2.91. The summed E-state index contributed by atoms with van der Waals surface area (Å²) < 4.78 is 0. The third-order valence-corrected chi connectivity index (χ3v) is 3.94. The van der Waals surface area contributed by atoms with Crippen LogP contribution in [0.4, 0.5) is 0 Å². The number of rotatable bonds is 5. The lowest BCUT2D eigenvalue weighted by atomic mass is 9.95. The van der Waals surface area contributed by atoms with E-state index in [2.05, 4.69) is 26.3 Å². The van der Waals surface area contributed by atoms with Crippen LogP contribution in [0.3, 0.4) is 0 Å². The van der Waals surface area contributed by atoms with E-state index in [1.54, 1.807) is 13.2 Å². The summed E-state index contributed by atoms with van der Waals surface area (Å²) in [4.78, 5) is 21.8. The lowest BCUT2D eigenvalue weighted by molar-refractivity contribution is -0.119. The van der Waals surface area contributed by atoms with E-state index in [0.717, 1.165) is 44.9 Å². The minimum Gasteiger partial charge on any atom is -0.370 e. The van der Waals surface area contributed by atoms with Crippen molar-refractivity contribution in [2.24, 2.45) is 16.6 Å². The number of guanidine groups is 1. The minimum atomic E-state index is -0.216. The molecule has 1 aromatic heterocycles. The van der Waals surface area contributed by atoms with Gasteiger partial charge >= 0.3 is 0 Å². The Morgan fingerprint density at radius 1 is 1.57 bits per heavy atom. The van der Waals surface area contributed by atoms with Gasteiger partial charge in [0.25, 0.3) is 0 Å². The number of pyridine rings is 1. The summed E-state index contributed by atoms with van der Waals surface area (Å²) in [7, 11) is 1.80. The zero-order chi connectivity index (χ0) is 15.8. The van der Waals surface area contributed by atoms with Gasteiger partial charge in [0.1, 0.15) is 0 Å². The molecule has 128 valence electrons. The highest BCUT2D eigenvalue weighted by Gasteiger charge is 2.23. The van der Waals surface area contributed by atoms with E-state index >= 15 is 0 Å². The number of amides is 1. The number of halogens is 1. The van der Waals surface area contributed by atoms with E-state index in [4.69, 9.17) is 5.73 Å². The van der Waals surface area contributed by atoms with Crippen LogP contribution in [0.15, 0.2) is 29.5 Å². The van der Waals surface area contributed by atoms with Gasteiger partial charge in [-0.3, -0.25) is 14.8 Å². The molecule has 1 atom stereocenters. The molecular formula is C16H26IN5O. The summed E-state index contributed by atoms with van der Waals surface area (Å²) >= 11 is 0. The van der Waals surface area contributed by atoms with Crippen LogP contribution in [0, 0.1) is 5.92 Å². The topological polar surface area (TPSA) is 83.6 Å². The highest BCUT2D eigenvalue weighted by Crippen LogP contribution is 2.19. The fraction of sp³-hybridized carbons (Fsp3) is 0.562. The van der Waals surface area contributed by atoms with Crippen molar-refractivity contribution in [3.05, 3.63) is 30.1 Å². The second-order valence-corrected chi connectivity index (χ2v) is 5.71. The summed E-state index contributed by atoms with van der Waals surface area (Å²) in [5, 5.41) is 3.39. The molecule has 23 heavy (non-hydrogen) atoms. The average Bonchev–Trinajstić information content (AvgIpc) is 2.52. The van der Waals surface area contributed by atoms with Crippen molar-refractivity contribution in [2.75, 3.05) is 26.7 Å². The van der Waals surface area contributed by atoms with Gasteiger partial charge < -0.3 is 16.0 Å². The van der Waals surface area contributed by atoms with Crippen LogP contribution in [-0.2, 0) is 11.2 Å². The maximum Gasteiger partial charge on any atom is 0.217 e. The van der Waals surface area contributed by atoms with Crippen molar-refractivity contribution in [2.45, 2.75) is 25.7 Å². The number of hydrogen-bond acceptors (Lipinski definition) is 3. The van der Waals surface area contributed by atoms with E-state index in [9.17, 15) is 4.79 Å². The number of likely N-dealkylation sites (tertiary alicyclic amines) is 1. The SMILES string of the molecule is CN=C(NCCc1cccnc1)N1CCCC(CC(N)=O)C1.I. The van der Waals surface area contributed by atoms with Crippen LogP contribution in [0.1, 0.15) is 24.8 Å². The number of carbonyl (C=O) groups excluding carboxylic acids is 1. The molecule has 1 aliphatic heterocycles. The molecule has 6 nitrogen and oxygen atoms in total. The monoisotopic (exact) mass is 431 g/mol. The Kier molecular flexibility index (Phi) is 8.90. The van der Waals surface area contributed by atoms with Crippen molar-refractivity contribution in [1.29, 1.82) is 0 Å². The maximum absolute atomic E-state index is 11.1. The van der Waals surface area contributed by atoms with Gasteiger partial charge in [0, 0.05) is 45.5 Å². The molecule has 1 aromatic rings. The number of aliphatic imine (C=N–C) groups is 1. The third-order valence-electron chi connectivity index (χ3n) is 3.94. The number of nitrogens with one attached hydrogen (secondary N) is 1. The minimum absolute atomic E-state index is 0. The Labute approximate surface area is 155 Å². The Morgan fingerprint density at radius 3 is 3.04 bits per heavy atom. The first kappa shape index (κ1) is 19.7. The van der Waals surface area contributed by atoms with E-state index in [-0.39, 0.29) is 29.9 Å². The number of nitrogens with zero attached hydrogens (tertiary/aromatic N) is 3. The first-order chi connectivity index (χ1) is 10.7. The van der Waals surface area contributed by atoms with Gasteiger partial charge in [0.15, 0.2) is 5.96 Å². The van der Waals surface area contributed by atoms with Gasteiger partial charge in [-0.05, 0) is 36.8 Å². The molecule has 2 heterocycles. The first-order valence-corrected chi connectivity index (χ1v) is 7.82. The quantitative estimate of drug-likeness (QED) is 0.420. The average molecular weight is 431 g/mol. The van der Waals surface area contributed by atoms with Crippen LogP contribution >= 0.6 is 24.0 Å². The second-order valence-electron chi connectivity index (χ2n) is 5.71. The summed E-state index contributed by atoms with van der Waals surface area (Å²) in [5.74, 6) is 1.02. The maximum atomic E-state index is 11.1. The zero-order valence-electron chi connectivity index (χ0n) is 13.6. The van der Waals surface area contributed by atoms with Crippen molar-refractivity contribution >= 4 is 35.8 Å². The summed E-state index contributed by atoms with van der Waals surface area (Å²) in [6.07, 6.45) is 7.17. The van der Waals surface area contributed by atoms with Crippen LogP contribution < -0.4 is 11.1 Å². The number of nitrogens with two attached hydrogens (primary N) is 1. The molecule has 0 aromatic carbocycles. The number of hydrogen-bond donors (Lipinski definition) is 2. The molecule has 7 heteroatoms. The first-order valence-electron chi connectivity index (χ1n) is 7.82. The lowest BCUT2D eigenvalue weighted by Crippen LogP contribution is -2.47. The smallest absolute Gasteiger partial charge is 0.217 e. The van der Waals surface area contributed by atoms with Crippen molar-refractivity contribution in [3.63, 3.8) is 0 Å². The molecule has 1 amide bonds. The molecule has 0 spiro atoms. The van der Waals surface area contributed by atoms with E-state index < -0.39 is 0 Å². The standard InChI is InChI=1S/C16H25N5O.HI/c1-18-16(20-8-6-13-4-2-7-19-11-13)21-9-3-5-14(12-21)10-15(17)22;/h2,4,7,11,14H,3,5-6,8-10,12H2,1H3,(H2,17,22)(H,18,20);1H. The Balaban J connectivity index is 0.00000264. The molecule has 3 N–H and O–H groups in total. The normalized spacial score (nSPS) is 18.2. The lowest BCUT2D eigenvalue weighted by Gasteiger charge is -2.34. The molecule has 2 rings (SSSR count). The fourth-order valence-corrected chi connectivity index (χ4v) is 2.91. The van der Waals surface area contributed by atoms with E-state index in [1.165, 1.54) is 5.56 Å². The molecule has 0 radical (unpaired) electrons. The molecular weight excluding hydrogens is 405 g/mol.